The highest BCUT2D eigenvalue weighted by molar-refractivity contribution is 5.81. The van der Waals surface area contributed by atoms with Gasteiger partial charge in [-0.05, 0) is 25.3 Å². The minimum atomic E-state index is -0.380. The lowest BCUT2D eigenvalue weighted by molar-refractivity contribution is -0.384. The van der Waals surface area contributed by atoms with E-state index in [4.69, 9.17) is 0 Å². The van der Waals surface area contributed by atoms with Crippen molar-refractivity contribution < 1.29 is 4.92 Å². The molecule has 0 aliphatic carbocycles. The lowest BCUT2D eigenvalue weighted by Crippen LogP contribution is -2.31. The maximum atomic E-state index is 10.8. The molecule has 1 aromatic carbocycles. The molecule has 2 heterocycles. The van der Waals surface area contributed by atoms with Crippen LogP contribution in [0.4, 0.5) is 11.6 Å². The van der Waals surface area contributed by atoms with Crippen LogP contribution in [0.15, 0.2) is 18.2 Å². The predicted octanol–water partition coefficient (Wildman–Crippen LogP) is 2.47. The highest BCUT2D eigenvalue weighted by Crippen LogP contribution is 2.26. The first-order valence-electron chi connectivity index (χ1n) is 6.52. The van der Waals surface area contributed by atoms with E-state index in [1.165, 1.54) is 25.3 Å². The van der Waals surface area contributed by atoms with Gasteiger partial charge in [-0.2, -0.15) is 0 Å². The van der Waals surface area contributed by atoms with Crippen molar-refractivity contribution in [2.24, 2.45) is 7.05 Å². The number of anilines is 1. The number of fused-ring (bicyclic) bond motifs is 1. The average Bonchev–Trinajstić information content (AvgIpc) is 2.76. The van der Waals surface area contributed by atoms with Crippen LogP contribution in [-0.4, -0.2) is 27.6 Å². The third-order valence-corrected chi connectivity index (χ3v) is 3.69. The van der Waals surface area contributed by atoms with E-state index in [0.29, 0.717) is 5.52 Å². The fourth-order valence-electron chi connectivity index (χ4n) is 2.67. The Kier molecular flexibility index (Phi) is 2.85. The van der Waals surface area contributed by atoms with Crippen molar-refractivity contribution in [3.05, 3.63) is 28.3 Å². The first-order chi connectivity index (χ1) is 9.16. The summed E-state index contributed by atoms with van der Waals surface area (Å²) in [6.07, 6.45) is 3.64. The van der Waals surface area contributed by atoms with E-state index < -0.39 is 0 Å². The van der Waals surface area contributed by atoms with Gasteiger partial charge < -0.3 is 9.47 Å². The number of aromatic nitrogens is 2. The van der Waals surface area contributed by atoms with Gasteiger partial charge in [-0.25, -0.2) is 4.98 Å². The summed E-state index contributed by atoms with van der Waals surface area (Å²) in [5.74, 6) is 0.912. The summed E-state index contributed by atoms with van der Waals surface area (Å²) < 4.78 is 2.02. The summed E-state index contributed by atoms with van der Waals surface area (Å²) in [6, 6.07) is 4.85. The van der Waals surface area contributed by atoms with Crippen molar-refractivity contribution in [2.45, 2.75) is 19.3 Å². The fraction of sp³-hybridized carbons (Fsp3) is 0.462. The first kappa shape index (κ1) is 12.0. The van der Waals surface area contributed by atoms with Crippen molar-refractivity contribution in [2.75, 3.05) is 18.0 Å². The van der Waals surface area contributed by atoms with E-state index in [1.54, 1.807) is 12.1 Å². The van der Waals surface area contributed by atoms with E-state index in [2.05, 4.69) is 9.88 Å². The normalized spacial score (nSPS) is 15.9. The number of benzene rings is 1. The summed E-state index contributed by atoms with van der Waals surface area (Å²) in [5, 5.41) is 10.8. The minimum Gasteiger partial charge on any atom is -0.342 e. The molecule has 1 aliphatic rings. The number of hydrogen-bond donors (Lipinski definition) is 0. The molecule has 6 heteroatoms. The molecule has 6 nitrogen and oxygen atoms in total. The molecular formula is C13H16N4O2. The van der Waals surface area contributed by atoms with Crippen LogP contribution >= 0.6 is 0 Å². The summed E-state index contributed by atoms with van der Waals surface area (Å²) >= 11 is 0. The highest BCUT2D eigenvalue weighted by Gasteiger charge is 2.18. The molecule has 2 aromatic rings. The fourth-order valence-corrected chi connectivity index (χ4v) is 2.67. The molecule has 1 aliphatic heterocycles. The number of nitrogens with zero attached hydrogens (tertiary/aromatic N) is 4. The van der Waals surface area contributed by atoms with Crippen LogP contribution in [0.3, 0.4) is 0 Å². The molecule has 0 atom stereocenters. The second kappa shape index (κ2) is 4.53. The number of non-ortho nitro benzene ring substituents is 1. The lowest BCUT2D eigenvalue weighted by atomic mass is 10.1. The zero-order valence-corrected chi connectivity index (χ0v) is 10.9. The molecule has 3 rings (SSSR count). The van der Waals surface area contributed by atoms with Crippen molar-refractivity contribution in [1.29, 1.82) is 0 Å². The molecule has 100 valence electrons. The van der Waals surface area contributed by atoms with Crippen LogP contribution in [0, 0.1) is 10.1 Å². The molecular weight excluding hydrogens is 244 g/mol. The molecule has 1 fully saturated rings. The third kappa shape index (κ3) is 2.03. The number of imidazole rings is 1. The summed E-state index contributed by atoms with van der Waals surface area (Å²) in [6.45, 7) is 2.03. The zero-order valence-electron chi connectivity index (χ0n) is 10.9. The second-order valence-corrected chi connectivity index (χ2v) is 4.95. The molecule has 0 spiro atoms. The van der Waals surface area contributed by atoms with Gasteiger partial charge in [0.15, 0.2) is 0 Å². The predicted molar refractivity (Wildman–Crippen MR) is 73.4 cm³/mol. The smallest absolute Gasteiger partial charge is 0.271 e. The highest BCUT2D eigenvalue weighted by atomic mass is 16.6. The quantitative estimate of drug-likeness (QED) is 0.614. The van der Waals surface area contributed by atoms with Gasteiger partial charge in [0.1, 0.15) is 0 Å². The van der Waals surface area contributed by atoms with Crippen molar-refractivity contribution in [1.82, 2.24) is 9.55 Å². The Balaban J connectivity index is 2.06. The molecule has 0 N–H and O–H groups in total. The Labute approximate surface area is 110 Å². The second-order valence-electron chi connectivity index (χ2n) is 4.95. The molecule has 0 radical (unpaired) electrons. The topological polar surface area (TPSA) is 64.2 Å². The summed E-state index contributed by atoms with van der Waals surface area (Å²) in [4.78, 5) is 17.2. The monoisotopic (exact) mass is 260 g/mol. The zero-order chi connectivity index (χ0) is 13.4. The molecule has 1 aromatic heterocycles. The summed E-state index contributed by atoms with van der Waals surface area (Å²) in [5.41, 5.74) is 1.72. The van der Waals surface area contributed by atoms with Gasteiger partial charge in [0.05, 0.1) is 16.0 Å². The van der Waals surface area contributed by atoms with Gasteiger partial charge in [-0.15, -0.1) is 0 Å². The van der Waals surface area contributed by atoms with Gasteiger partial charge in [0.2, 0.25) is 5.95 Å². The van der Waals surface area contributed by atoms with Crippen LogP contribution in [-0.2, 0) is 7.05 Å². The molecule has 0 amide bonds. The third-order valence-electron chi connectivity index (χ3n) is 3.69. The molecule has 1 saturated heterocycles. The van der Waals surface area contributed by atoms with Gasteiger partial charge >= 0.3 is 0 Å². The van der Waals surface area contributed by atoms with Crippen molar-refractivity contribution in [3.63, 3.8) is 0 Å². The van der Waals surface area contributed by atoms with E-state index in [0.717, 1.165) is 24.6 Å². The van der Waals surface area contributed by atoms with Crippen LogP contribution in [0.5, 0.6) is 0 Å². The lowest BCUT2D eigenvalue weighted by Gasteiger charge is -2.27. The maximum Gasteiger partial charge on any atom is 0.271 e. The first-order valence-corrected chi connectivity index (χ1v) is 6.52. The average molecular weight is 260 g/mol. The van der Waals surface area contributed by atoms with E-state index in [1.807, 2.05) is 11.6 Å². The van der Waals surface area contributed by atoms with Gasteiger partial charge in [0, 0.05) is 32.3 Å². The standard InChI is InChI=1S/C13H16N4O2/c1-15-12-6-5-10(17(18)19)9-11(12)14-13(15)16-7-3-2-4-8-16/h5-6,9H,2-4,7-8H2,1H3. The molecule has 0 unspecified atom stereocenters. The Hall–Kier alpha value is -2.11. The SMILES string of the molecule is Cn1c(N2CCCCC2)nc2cc([N+](=O)[O-])ccc21. The summed E-state index contributed by atoms with van der Waals surface area (Å²) in [7, 11) is 1.96. The molecule has 19 heavy (non-hydrogen) atoms. The number of nitro benzene ring substituents is 1. The van der Waals surface area contributed by atoms with Gasteiger partial charge in [0.25, 0.3) is 5.69 Å². The van der Waals surface area contributed by atoms with E-state index in [-0.39, 0.29) is 10.6 Å². The van der Waals surface area contributed by atoms with Crippen LogP contribution in [0.2, 0.25) is 0 Å². The maximum absolute atomic E-state index is 10.8. The number of aryl methyl sites for hydroxylation is 1. The van der Waals surface area contributed by atoms with Crippen LogP contribution in [0.1, 0.15) is 19.3 Å². The van der Waals surface area contributed by atoms with Crippen molar-refractivity contribution >= 4 is 22.7 Å². The Morgan fingerprint density at radius 2 is 2.00 bits per heavy atom. The van der Waals surface area contributed by atoms with E-state index in [9.17, 15) is 10.1 Å². The number of hydrogen-bond acceptors (Lipinski definition) is 4. The van der Waals surface area contributed by atoms with Crippen LogP contribution in [0.25, 0.3) is 11.0 Å². The Morgan fingerprint density at radius 1 is 1.26 bits per heavy atom. The van der Waals surface area contributed by atoms with Gasteiger partial charge in [-0.1, -0.05) is 0 Å². The minimum absolute atomic E-state index is 0.0933. The Morgan fingerprint density at radius 3 is 2.68 bits per heavy atom. The molecule has 0 saturated carbocycles. The largest absolute Gasteiger partial charge is 0.342 e. The van der Waals surface area contributed by atoms with Crippen LogP contribution < -0.4 is 4.90 Å². The number of nitro groups is 1. The van der Waals surface area contributed by atoms with E-state index >= 15 is 0 Å². The van der Waals surface area contributed by atoms with Crippen molar-refractivity contribution in [3.8, 4) is 0 Å². The number of piperidine rings is 1. The number of rotatable bonds is 2. The molecule has 0 bridgehead atoms. The Bertz CT molecular complexity index is 629. The van der Waals surface area contributed by atoms with Gasteiger partial charge in [-0.3, -0.25) is 10.1 Å².